The number of carbonyl (C=O) groups is 3. The molecule has 0 aliphatic carbocycles. The molecular weight excluding hydrogens is 283 g/mol. The summed E-state index contributed by atoms with van der Waals surface area (Å²) in [5, 5.41) is 18.8. The van der Waals surface area contributed by atoms with Crippen LogP contribution in [-0.4, -0.2) is 34.1 Å². The summed E-state index contributed by atoms with van der Waals surface area (Å²) in [6.07, 6.45) is -0.952. The summed E-state index contributed by atoms with van der Waals surface area (Å²) >= 11 is 0. The van der Waals surface area contributed by atoms with Gasteiger partial charge in [-0.1, -0.05) is 0 Å². The van der Waals surface area contributed by atoms with Gasteiger partial charge in [0.15, 0.2) is 17.5 Å². The number of rotatable bonds is 5. The van der Waals surface area contributed by atoms with Crippen molar-refractivity contribution in [2.24, 2.45) is 0 Å². The number of carboxylic acids is 2. The van der Waals surface area contributed by atoms with Gasteiger partial charge >= 0.3 is 11.9 Å². The van der Waals surface area contributed by atoms with Gasteiger partial charge in [0.2, 0.25) is 0 Å². The summed E-state index contributed by atoms with van der Waals surface area (Å²) in [7, 11) is 0. The normalized spacial score (nSPS) is 11.8. The Morgan fingerprint density at radius 3 is 2.20 bits per heavy atom. The molecule has 0 aliphatic rings. The van der Waals surface area contributed by atoms with Crippen LogP contribution in [0, 0.1) is 17.5 Å². The highest BCUT2D eigenvalue weighted by atomic mass is 19.2. The predicted molar refractivity (Wildman–Crippen MR) is 57.5 cm³/mol. The van der Waals surface area contributed by atoms with Crippen LogP contribution in [-0.2, 0) is 9.59 Å². The lowest BCUT2D eigenvalue weighted by Crippen LogP contribution is -2.42. The highest BCUT2D eigenvalue weighted by molar-refractivity contribution is 5.97. The first kappa shape index (κ1) is 15.5. The molecule has 0 fully saturated rings. The third-order valence-corrected chi connectivity index (χ3v) is 2.26. The number of amides is 1. The number of benzene rings is 1. The van der Waals surface area contributed by atoms with Gasteiger partial charge in [-0.3, -0.25) is 9.59 Å². The van der Waals surface area contributed by atoms with Gasteiger partial charge in [0.25, 0.3) is 5.91 Å². The predicted octanol–water partition coefficient (Wildman–Crippen LogP) is 0.762. The molecule has 20 heavy (non-hydrogen) atoms. The number of nitrogens with one attached hydrogen (secondary N) is 1. The quantitative estimate of drug-likeness (QED) is 0.695. The van der Waals surface area contributed by atoms with Crippen molar-refractivity contribution in [3.05, 3.63) is 35.1 Å². The van der Waals surface area contributed by atoms with Crippen molar-refractivity contribution < 1.29 is 37.8 Å². The number of halogens is 3. The molecule has 0 spiro atoms. The van der Waals surface area contributed by atoms with E-state index in [0.717, 1.165) is 0 Å². The second kappa shape index (κ2) is 6.04. The zero-order valence-corrected chi connectivity index (χ0v) is 9.69. The van der Waals surface area contributed by atoms with E-state index in [4.69, 9.17) is 10.2 Å². The Kier molecular flexibility index (Phi) is 4.68. The van der Waals surface area contributed by atoms with E-state index < -0.39 is 53.3 Å². The Bertz CT molecular complexity index is 575. The molecule has 1 amide bonds. The van der Waals surface area contributed by atoms with Crippen molar-refractivity contribution in [1.29, 1.82) is 0 Å². The number of carbonyl (C=O) groups excluding carboxylic acids is 1. The summed E-state index contributed by atoms with van der Waals surface area (Å²) in [5.74, 6) is -9.73. The average Bonchev–Trinajstić information content (AvgIpc) is 2.34. The van der Waals surface area contributed by atoms with E-state index in [1.54, 1.807) is 5.32 Å². The van der Waals surface area contributed by atoms with Crippen molar-refractivity contribution in [3.8, 4) is 0 Å². The van der Waals surface area contributed by atoms with Gasteiger partial charge in [-0.25, -0.2) is 18.0 Å². The van der Waals surface area contributed by atoms with E-state index in [9.17, 15) is 27.6 Å². The summed E-state index contributed by atoms with van der Waals surface area (Å²) in [5.41, 5.74) is -0.930. The van der Waals surface area contributed by atoms with E-state index >= 15 is 0 Å². The fourth-order valence-corrected chi connectivity index (χ4v) is 1.31. The van der Waals surface area contributed by atoms with Gasteiger partial charge in [-0.05, 0) is 12.1 Å². The molecule has 0 saturated carbocycles. The van der Waals surface area contributed by atoms with Crippen LogP contribution >= 0.6 is 0 Å². The first-order valence-electron chi connectivity index (χ1n) is 5.13. The molecule has 1 aromatic carbocycles. The number of aliphatic carboxylic acids is 2. The van der Waals surface area contributed by atoms with Gasteiger partial charge in [0, 0.05) is 0 Å². The molecule has 1 atom stereocenters. The molecule has 108 valence electrons. The summed E-state index contributed by atoms with van der Waals surface area (Å²) in [4.78, 5) is 32.6. The molecule has 6 nitrogen and oxygen atoms in total. The zero-order chi connectivity index (χ0) is 15.4. The van der Waals surface area contributed by atoms with Crippen LogP contribution in [0.5, 0.6) is 0 Å². The minimum absolute atomic E-state index is 0.486. The molecule has 1 unspecified atom stereocenters. The standard InChI is InChI=1S/C11H8F3NO5/c12-5-2-1-4(8(13)9(5)14)10(18)15-6(11(19)20)3-7(16)17/h1-2,6H,3H2,(H,15,18)(H,16,17)(H,19,20). The lowest BCUT2D eigenvalue weighted by Gasteiger charge is -2.12. The van der Waals surface area contributed by atoms with E-state index in [0.29, 0.717) is 12.1 Å². The van der Waals surface area contributed by atoms with E-state index in [-0.39, 0.29) is 0 Å². The molecule has 0 bridgehead atoms. The molecule has 0 aromatic heterocycles. The largest absolute Gasteiger partial charge is 0.481 e. The minimum Gasteiger partial charge on any atom is -0.481 e. The second-order valence-corrected chi connectivity index (χ2v) is 3.69. The van der Waals surface area contributed by atoms with Crippen molar-refractivity contribution in [1.82, 2.24) is 5.32 Å². The molecule has 0 aliphatic heterocycles. The van der Waals surface area contributed by atoms with Gasteiger partial charge in [0.05, 0.1) is 12.0 Å². The number of hydrogen-bond acceptors (Lipinski definition) is 3. The van der Waals surface area contributed by atoms with Crippen LogP contribution in [0.1, 0.15) is 16.8 Å². The second-order valence-electron chi connectivity index (χ2n) is 3.69. The maximum atomic E-state index is 13.3. The molecule has 0 saturated heterocycles. The molecule has 3 N–H and O–H groups in total. The topological polar surface area (TPSA) is 104 Å². The summed E-state index contributed by atoms with van der Waals surface area (Å²) < 4.78 is 38.9. The SMILES string of the molecule is O=C(O)CC(NC(=O)c1ccc(F)c(F)c1F)C(=O)O. The lowest BCUT2D eigenvalue weighted by atomic mass is 10.1. The van der Waals surface area contributed by atoms with Crippen molar-refractivity contribution in [2.75, 3.05) is 0 Å². The van der Waals surface area contributed by atoms with Gasteiger partial charge in [-0.2, -0.15) is 0 Å². The Morgan fingerprint density at radius 1 is 1.10 bits per heavy atom. The van der Waals surface area contributed by atoms with E-state index in [1.165, 1.54) is 0 Å². The van der Waals surface area contributed by atoms with Crippen LogP contribution in [0.4, 0.5) is 13.2 Å². The molecule has 1 aromatic rings. The number of carboxylic acid groups (broad SMARTS) is 2. The molecule has 9 heteroatoms. The first-order chi connectivity index (χ1) is 9.23. The van der Waals surface area contributed by atoms with Crippen LogP contribution in [0.25, 0.3) is 0 Å². The molecule has 0 heterocycles. The van der Waals surface area contributed by atoms with Crippen molar-refractivity contribution in [2.45, 2.75) is 12.5 Å². The van der Waals surface area contributed by atoms with Crippen molar-refractivity contribution in [3.63, 3.8) is 0 Å². The summed E-state index contributed by atoms with van der Waals surface area (Å²) in [6, 6.07) is -0.726. The van der Waals surface area contributed by atoms with Crippen LogP contribution < -0.4 is 5.32 Å². The van der Waals surface area contributed by atoms with Gasteiger partial charge in [0.1, 0.15) is 6.04 Å². The Morgan fingerprint density at radius 2 is 1.70 bits per heavy atom. The van der Waals surface area contributed by atoms with Crippen LogP contribution in [0.3, 0.4) is 0 Å². The highest BCUT2D eigenvalue weighted by Crippen LogP contribution is 2.15. The fraction of sp³-hybridized carbons (Fsp3) is 0.182. The molecule has 1 rings (SSSR count). The third-order valence-electron chi connectivity index (χ3n) is 2.26. The third kappa shape index (κ3) is 3.46. The lowest BCUT2D eigenvalue weighted by molar-refractivity contribution is -0.145. The smallest absolute Gasteiger partial charge is 0.326 e. The maximum Gasteiger partial charge on any atom is 0.326 e. The van der Waals surface area contributed by atoms with E-state index in [1.807, 2.05) is 0 Å². The zero-order valence-electron chi connectivity index (χ0n) is 9.69. The monoisotopic (exact) mass is 291 g/mol. The van der Waals surface area contributed by atoms with E-state index in [2.05, 4.69) is 0 Å². The fourth-order valence-electron chi connectivity index (χ4n) is 1.31. The van der Waals surface area contributed by atoms with Crippen LogP contribution in [0.15, 0.2) is 12.1 Å². The molecular formula is C11H8F3NO5. The van der Waals surface area contributed by atoms with Crippen molar-refractivity contribution >= 4 is 17.8 Å². The Hall–Kier alpha value is -2.58. The molecule has 0 radical (unpaired) electrons. The average molecular weight is 291 g/mol. The maximum absolute atomic E-state index is 13.3. The van der Waals surface area contributed by atoms with Gasteiger partial charge < -0.3 is 15.5 Å². The Balaban J connectivity index is 2.98. The Labute approximate surface area is 109 Å². The summed E-state index contributed by atoms with van der Waals surface area (Å²) in [6.45, 7) is 0. The van der Waals surface area contributed by atoms with Gasteiger partial charge in [-0.15, -0.1) is 0 Å². The highest BCUT2D eigenvalue weighted by Gasteiger charge is 2.26. The number of hydrogen-bond donors (Lipinski definition) is 3. The minimum atomic E-state index is -1.89. The van der Waals surface area contributed by atoms with Crippen LogP contribution in [0.2, 0.25) is 0 Å². The first-order valence-corrected chi connectivity index (χ1v) is 5.13.